The van der Waals surface area contributed by atoms with Crippen LogP contribution in [0.4, 0.5) is 0 Å². The maximum Gasteiger partial charge on any atom is 0.0594 e. The monoisotopic (exact) mass is 215 g/mol. The Labute approximate surface area is 93.1 Å². The molecule has 1 rings (SSSR count). The lowest BCUT2D eigenvalue weighted by Gasteiger charge is -2.47. The summed E-state index contributed by atoms with van der Waals surface area (Å²) >= 11 is 0. The van der Waals surface area contributed by atoms with E-state index >= 15 is 0 Å². The predicted molar refractivity (Wildman–Crippen MR) is 62.4 cm³/mol. The zero-order valence-corrected chi connectivity index (χ0v) is 10.4. The van der Waals surface area contributed by atoms with E-state index in [0.717, 1.165) is 26.3 Å². The van der Waals surface area contributed by atoms with Crippen molar-refractivity contribution in [2.45, 2.75) is 39.3 Å². The number of morpholine rings is 1. The van der Waals surface area contributed by atoms with Crippen LogP contribution in [0.2, 0.25) is 0 Å². The predicted octanol–water partition coefficient (Wildman–Crippen LogP) is 0.585. The maximum absolute atomic E-state index is 5.66. The van der Waals surface area contributed by atoms with Crippen LogP contribution in [-0.4, -0.2) is 42.8 Å². The Morgan fingerprint density at radius 3 is 2.20 bits per heavy atom. The summed E-state index contributed by atoms with van der Waals surface area (Å²) < 4.78 is 5.38. The average Bonchev–Trinajstić information content (AvgIpc) is 2.19. The molecule has 15 heavy (non-hydrogen) atoms. The summed E-state index contributed by atoms with van der Waals surface area (Å²) in [6.07, 6.45) is 0. The summed E-state index contributed by atoms with van der Waals surface area (Å²) in [7, 11) is 0. The topological polar surface area (TPSA) is 50.5 Å². The first-order valence-corrected chi connectivity index (χ1v) is 5.79. The van der Waals surface area contributed by atoms with Crippen molar-refractivity contribution in [1.29, 1.82) is 0 Å². The second kappa shape index (κ2) is 5.25. The third-order valence-corrected chi connectivity index (χ3v) is 3.43. The standard InChI is InChI=1S/C11H25N3O/c1-9(2)10(13-12)11(3,4)14-5-7-15-8-6-14/h9-10,13H,5-8,12H2,1-4H3. The highest BCUT2D eigenvalue weighted by Crippen LogP contribution is 2.24. The zero-order chi connectivity index (χ0) is 11.5. The van der Waals surface area contributed by atoms with Crippen molar-refractivity contribution in [3.63, 3.8) is 0 Å². The minimum absolute atomic E-state index is 0.0761. The lowest BCUT2D eigenvalue weighted by Crippen LogP contribution is -2.63. The van der Waals surface area contributed by atoms with Gasteiger partial charge in [0.2, 0.25) is 0 Å². The number of rotatable bonds is 4. The van der Waals surface area contributed by atoms with Crippen molar-refractivity contribution in [3.8, 4) is 0 Å². The summed E-state index contributed by atoms with van der Waals surface area (Å²) in [5, 5.41) is 0. The van der Waals surface area contributed by atoms with E-state index in [1.165, 1.54) is 0 Å². The smallest absolute Gasteiger partial charge is 0.0594 e. The largest absolute Gasteiger partial charge is 0.379 e. The van der Waals surface area contributed by atoms with Gasteiger partial charge in [0.1, 0.15) is 0 Å². The average molecular weight is 215 g/mol. The molecule has 1 saturated heterocycles. The fraction of sp³-hybridized carbons (Fsp3) is 1.00. The number of nitrogens with zero attached hydrogens (tertiary/aromatic N) is 1. The molecule has 0 aromatic heterocycles. The lowest BCUT2D eigenvalue weighted by molar-refractivity contribution is -0.0295. The van der Waals surface area contributed by atoms with Crippen molar-refractivity contribution >= 4 is 0 Å². The molecule has 0 saturated carbocycles. The van der Waals surface area contributed by atoms with Crippen LogP contribution in [0.5, 0.6) is 0 Å². The minimum atomic E-state index is 0.0761. The molecule has 90 valence electrons. The molecule has 1 fully saturated rings. The Morgan fingerprint density at radius 2 is 1.80 bits per heavy atom. The third-order valence-electron chi connectivity index (χ3n) is 3.43. The van der Waals surface area contributed by atoms with Crippen molar-refractivity contribution < 1.29 is 4.74 Å². The molecular weight excluding hydrogens is 190 g/mol. The van der Waals surface area contributed by atoms with Crippen LogP contribution in [-0.2, 0) is 4.74 Å². The van der Waals surface area contributed by atoms with Gasteiger partial charge in [-0.2, -0.15) is 0 Å². The number of nitrogens with one attached hydrogen (secondary N) is 1. The summed E-state index contributed by atoms with van der Waals surface area (Å²) in [6.45, 7) is 12.6. The zero-order valence-electron chi connectivity index (χ0n) is 10.4. The number of ether oxygens (including phenoxy) is 1. The van der Waals surface area contributed by atoms with Gasteiger partial charge in [-0.05, 0) is 19.8 Å². The van der Waals surface area contributed by atoms with Crippen LogP contribution in [0, 0.1) is 5.92 Å². The molecule has 3 N–H and O–H groups in total. The van der Waals surface area contributed by atoms with Gasteiger partial charge in [0.05, 0.1) is 13.2 Å². The lowest BCUT2D eigenvalue weighted by atomic mass is 9.85. The van der Waals surface area contributed by atoms with E-state index in [4.69, 9.17) is 10.6 Å². The molecule has 1 aliphatic heterocycles. The molecule has 0 amide bonds. The first-order valence-electron chi connectivity index (χ1n) is 5.79. The van der Waals surface area contributed by atoms with Gasteiger partial charge in [0.25, 0.3) is 0 Å². The van der Waals surface area contributed by atoms with Gasteiger partial charge in [0, 0.05) is 24.7 Å². The molecule has 0 bridgehead atoms. The van der Waals surface area contributed by atoms with Crippen LogP contribution in [0.3, 0.4) is 0 Å². The highest BCUT2D eigenvalue weighted by Gasteiger charge is 2.37. The Balaban J connectivity index is 2.68. The third kappa shape index (κ3) is 2.91. The van der Waals surface area contributed by atoms with Crippen LogP contribution < -0.4 is 11.3 Å². The van der Waals surface area contributed by atoms with Crippen molar-refractivity contribution in [1.82, 2.24) is 10.3 Å². The van der Waals surface area contributed by atoms with E-state index in [1.807, 2.05) is 0 Å². The highest BCUT2D eigenvalue weighted by molar-refractivity contribution is 4.94. The molecule has 0 spiro atoms. The van der Waals surface area contributed by atoms with Crippen molar-refractivity contribution in [3.05, 3.63) is 0 Å². The van der Waals surface area contributed by atoms with E-state index in [1.54, 1.807) is 0 Å². The first-order chi connectivity index (χ1) is 7.00. The second-order valence-electron chi connectivity index (χ2n) is 5.14. The van der Waals surface area contributed by atoms with Crippen LogP contribution in [0.1, 0.15) is 27.7 Å². The molecule has 1 unspecified atom stereocenters. The highest BCUT2D eigenvalue weighted by atomic mass is 16.5. The Kier molecular flexibility index (Phi) is 4.52. The summed E-state index contributed by atoms with van der Waals surface area (Å²) in [4.78, 5) is 2.46. The fourth-order valence-electron chi connectivity index (χ4n) is 2.55. The molecule has 0 aromatic carbocycles. The summed E-state index contributed by atoms with van der Waals surface area (Å²) in [5.74, 6) is 6.18. The normalized spacial score (nSPS) is 22.0. The number of hydrogen-bond acceptors (Lipinski definition) is 4. The molecule has 1 aliphatic rings. The maximum atomic E-state index is 5.66. The Bertz CT molecular complexity index is 188. The fourth-order valence-corrected chi connectivity index (χ4v) is 2.55. The Morgan fingerprint density at radius 1 is 1.27 bits per heavy atom. The van der Waals surface area contributed by atoms with Crippen LogP contribution in [0.15, 0.2) is 0 Å². The molecule has 0 aliphatic carbocycles. The van der Waals surface area contributed by atoms with E-state index in [-0.39, 0.29) is 5.54 Å². The number of nitrogens with two attached hydrogens (primary N) is 1. The van der Waals surface area contributed by atoms with Gasteiger partial charge in [-0.15, -0.1) is 0 Å². The van der Waals surface area contributed by atoms with Crippen molar-refractivity contribution in [2.75, 3.05) is 26.3 Å². The number of hydrazine groups is 1. The molecule has 0 radical (unpaired) electrons. The van der Waals surface area contributed by atoms with Gasteiger partial charge in [-0.1, -0.05) is 13.8 Å². The van der Waals surface area contributed by atoms with E-state index in [0.29, 0.717) is 12.0 Å². The second-order valence-corrected chi connectivity index (χ2v) is 5.14. The minimum Gasteiger partial charge on any atom is -0.379 e. The van der Waals surface area contributed by atoms with Gasteiger partial charge in [-0.3, -0.25) is 16.2 Å². The Hall–Kier alpha value is -0.160. The summed E-state index contributed by atoms with van der Waals surface area (Å²) in [6, 6.07) is 0.301. The first kappa shape index (κ1) is 12.9. The van der Waals surface area contributed by atoms with Gasteiger partial charge >= 0.3 is 0 Å². The SMILES string of the molecule is CC(C)C(NN)C(C)(C)N1CCOCC1. The van der Waals surface area contributed by atoms with E-state index < -0.39 is 0 Å². The van der Waals surface area contributed by atoms with Gasteiger partial charge in [-0.25, -0.2) is 0 Å². The van der Waals surface area contributed by atoms with Crippen LogP contribution in [0.25, 0.3) is 0 Å². The molecule has 1 heterocycles. The molecule has 1 atom stereocenters. The van der Waals surface area contributed by atoms with E-state index in [2.05, 4.69) is 38.0 Å². The molecule has 4 heteroatoms. The van der Waals surface area contributed by atoms with Crippen molar-refractivity contribution in [2.24, 2.45) is 11.8 Å². The molecular formula is C11H25N3O. The molecule has 0 aromatic rings. The van der Waals surface area contributed by atoms with Crippen LogP contribution >= 0.6 is 0 Å². The van der Waals surface area contributed by atoms with E-state index in [9.17, 15) is 0 Å². The summed E-state index contributed by atoms with van der Waals surface area (Å²) in [5.41, 5.74) is 3.03. The van der Waals surface area contributed by atoms with Gasteiger partial charge in [0.15, 0.2) is 0 Å². The molecule has 4 nitrogen and oxygen atoms in total. The van der Waals surface area contributed by atoms with Gasteiger partial charge < -0.3 is 4.74 Å². The number of hydrogen-bond donors (Lipinski definition) is 2. The quantitative estimate of drug-likeness (QED) is 0.532.